The predicted molar refractivity (Wildman–Crippen MR) is 89.2 cm³/mol. The standard InChI is InChI=1S/C16H17N5OS/c1-10-8-23-15(19-10)11(2)21(3)16(22)13-7-5-4-6-12(13)14-17-9-18-20-14/h4-9,11H,1-3H3,(H,17,18,20)/t11-/m0/s1. The lowest BCUT2D eigenvalue weighted by molar-refractivity contribution is 0.0743. The molecule has 0 bridgehead atoms. The number of amides is 1. The van der Waals surface area contributed by atoms with E-state index in [0.717, 1.165) is 16.3 Å². The number of nitrogens with one attached hydrogen (secondary N) is 1. The third kappa shape index (κ3) is 3.00. The van der Waals surface area contributed by atoms with Gasteiger partial charge in [0, 0.05) is 23.7 Å². The molecule has 0 radical (unpaired) electrons. The van der Waals surface area contributed by atoms with E-state index >= 15 is 0 Å². The van der Waals surface area contributed by atoms with Crippen molar-refractivity contribution in [1.82, 2.24) is 25.1 Å². The van der Waals surface area contributed by atoms with Crippen LogP contribution in [0, 0.1) is 6.92 Å². The molecule has 0 unspecified atom stereocenters. The van der Waals surface area contributed by atoms with Crippen molar-refractivity contribution in [3.63, 3.8) is 0 Å². The zero-order chi connectivity index (χ0) is 16.4. The molecule has 2 aromatic heterocycles. The second kappa shape index (κ2) is 6.29. The van der Waals surface area contributed by atoms with Crippen molar-refractivity contribution >= 4 is 17.2 Å². The van der Waals surface area contributed by atoms with Crippen molar-refractivity contribution in [3.05, 3.63) is 52.2 Å². The number of carbonyl (C=O) groups is 1. The first kappa shape index (κ1) is 15.4. The van der Waals surface area contributed by atoms with E-state index in [1.54, 1.807) is 29.4 Å². The van der Waals surface area contributed by atoms with Gasteiger partial charge in [-0.1, -0.05) is 18.2 Å². The highest BCUT2D eigenvalue weighted by Gasteiger charge is 2.23. The molecule has 23 heavy (non-hydrogen) atoms. The van der Waals surface area contributed by atoms with Crippen molar-refractivity contribution in [3.8, 4) is 11.4 Å². The van der Waals surface area contributed by atoms with E-state index in [4.69, 9.17) is 0 Å². The Morgan fingerprint density at radius 2 is 2.13 bits per heavy atom. The van der Waals surface area contributed by atoms with Crippen LogP contribution in [-0.2, 0) is 0 Å². The van der Waals surface area contributed by atoms with Gasteiger partial charge in [-0.25, -0.2) is 9.97 Å². The third-order valence-corrected chi connectivity index (χ3v) is 4.86. The molecule has 0 aliphatic rings. The Morgan fingerprint density at radius 3 is 2.78 bits per heavy atom. The summed E-state index contributed by atoms with van der Waals surface area (Å²) < 4.78 is 0. The van der Waals surface area contributed by atoms with Crippen molar-refractivity contribution in [2.75, 3.05) is 7.05 Å². The van der Waals surface area contributed by atoms with Crippen LogP contribution in [0.5, 0.6) is 0 Å². The molecule has 0 spiro atoms. The van der Waals surface area contributed by atoms with Crippen molar-refractivity contribution in [2.45, 2.75) is 19.9 Å². The average molecular weight is 327 g/mol. The molecule has 118 valence electrons. The molecule has 1 atom stereocenters. The Balaban J connectivity index is 1.91. The second-order valence-electron chi connectivity index (χ2n) is 5.30. The first-order valence-corrected chi connectivity index (χ1v) is 8.10. The fourth-order valence-corrected chi connectivity index (χ4v) is 3.20. The zero-order valence-electron chi connectivity index (χ0n) is 13.1. The first-order valence-electron chi connectivity index (χ1n) is 7.22. The fourth-order valence-electron chi connectivity index (χ4n) is 2.31. The Morgan fingerprint density at radius 1 is 1.35 bits per heavy atom. The van der Waals surface area contributed by atoms with Crippen LogP contribution in [0.4, 0.5) is 0 Å². The lowest BCUT2D eigenvalue weighted by Crippen LogP contribution is -2.30. The molecule has 1 aromatic carbocycles. The summed E-state index contributed by atoms with van der Waals surface area (Å²) in [7, 11) is 1.79. The lowest BCUT2D eigenvalue weighted by atomic mass is 10.1. The number of hydrogen-bond acceptors (Lipinski definition) is 5. The number of nitrogens with zero attached hydrogens (tertiary/aromatic N) is 4. The van der Waals surface area contributed by atoms with Crippen molar-refractivity contribution in [1.29, 1.82) is 0 Å². The van der Waals surface area contributed by atoms with Gasteiger partial charge in [-0.3, -0.25) is 9.89 Å². The molecule has 0 saturated heterocycles. The minimum Gasteiger partial charge on any atom is -0.332 e. The molecule has 0 saturated carbocycles. The number of hydrogen-bond donors (Lipinski definition) is 1. The molecule has 6 nitrogen and oxygen atoms in total. The summed E-state index contributed by atoms with van der Waals surface area (Å²) in [4.78, 5) is 23.2. The number of thiazole rings is 1. The number of aromatic nitrogens is 4. The topological polar surface area (TPSA) is 74.8 Å². The number of aryl methyl sites for hydroxylation is 1. The molecular weight excluding hydrogens is 310 g/mol. The predicted octanol–water partition coefficient (Wildman–Crippen LogP) is 3.07. The SMILES string of the molecule is Cc1csc([C@H](C)N(C)C(=O)c2ccccc2-c2ncn[nH]2)n1. The van der Waals surface area contributed by atoms with Crippen molar-refractivity contribution < 1.29 is 4.79 Å². The summed E-state index contributed by atoms with van der Waals surface area (Å²) in [6.45, 7) is 3.93. The lowest BCUT2D eigenvalue weighted by Gasteiger charge is -2.24. The van der Waals surface area contributed by atoms with Gasteiger partial charge in [-0.05, 0) is 19.9 Å². The van der Waals surface area contributed by atoms with Gasteiger partial charge in [-0.2, -0.15) is 5.10 Å². The third-order valence-electron chi connectivity index (χ3n) is 3.72. The van der Waals surface area contributed by atoms with Gasteiger partial charge in [0.05, 0.1) is 11.6 Å². The van der Waals surface area contributed by atoms with Gasteiger partial charge in [0.25, 0.3) is 5.91 Å². The molecular formula is C16H17N5OS. The summed E-state index contributed by atoms with van der Waals surface area (Å²) >= 11 is 1.57. The minimum atomic E-state index is -0.0935. The second-order valence-corrected chi connectivity index (χ2v) is 6.19. The van der Waals surface area contributed by atoms with Crippen LogP contribution in [0.1, 0.15) is 34.0 Å². The molecule has 2 heterocycles. The zero-order valence-corrected chi connectivity index (χ0v) is 14.0. The summed E-state index contributed by atoms with van der Waals surface area (Å²) in [5.41, 5.74) is 2.30. The molecule has 7 heteroatoms. The molecule has 1 N–H and O–H groups in total. The van der Waals surface area contributed by atoms with Crippen LogP contribution in [0.3, 0.4) is 0 Å². The molecule has 0 aliphatic carbocycles. The molecule has 3 aromatic rings. The van der Waals surface area contributed by atoms with E-state index < -0.39 is 0 Å². The van der Waals surface area contributed by atoms with Crippen LogP contribution in [0.25, 0.3) is 11.4 Å². The Kier molecular flexibility index (Phi) is 4.20. The maximum Gasteiger partial charge on any atom is 0.254 e. The quantitative estimate of drug-likeness (QED) is 0.799. The molecule has 1 amide bonds. The molecule has 0 fully saturated rings. The highest BCUT2D eigenvalue weighted by Crippen LogP contribution is 2.26. The molecule has 3 rings (SSSR count). The largest absolute Gasteiger partial charge is 0.332 e. The van der Waals surface area contributed by atoms with E-state index in [2.05, 4.69) is 20.2 Å². The fraction of sp³-hybridized carbons (Fsp3) is 0.250. The number of H-pyrrole nitrogens is 1. The van der Waals surface area contributed by atoms with Gasteiger partial charge in [0.1, 0.15) is 11.3 Å². The number of aromatic amines is 1. The Labute approximate surface area is 138 Å². The molecule has 0 aliphatic heterocycles. The van der Waals surface area contributed by atoms with Gasteiger partial charge < -0.3 is 4.90 Å². The van der Waals surface area contributed by atoms with E-state index in [9.17, 15) is 4.79 Å². The van der Waals surface area contributed by atoms with Crippen LogP contribution in [-0.4, -0.2) is 38.0 Å². The van der Waals surface area contributed by atoms with Crippen LogP contribution >= 0.6 is 11.3 Å². The number of benzene rings is 1. The Hall–Kier alpha value is -2.54. The van der Waals surface area contributed by atoms with E-state index in [1.165, 1.54) is 6.33 Å². The highest BCUT2D eigenvalue weighted by atomic mass is 32.1. The monoisotopic (exact) mass is 327 g/mol. The highest BCUT2D eigenvalue weighted by molar-refractivity contribution is 7.09. The smallest absolute Gasteiger partial charge is 0.254 e. The maximum atomic E-state index is 12.9. The number of rotatable bonds is 4. The maximum absolute atomic E-state index is 12.9. The first-order chi connectivity index (χ1) is 11.1. The van der Waals surface area contributed by atoms with Gasteiger partial charge in [-0.15, -0.1) is 11.3 Å². The van der Waals surface area contributed by atoms with Gasteiger partial charge in [0.2, 0.25) is 0 Å². The number of carbonyl (C=O) groups excluding carboxylic acids is 1. The van der Waals surface area contributed by atoms with Crippen LogP contribution < -0.4 is 0 Å². The van der Waals surface area contributed by atoms with E-state index in [1.807, 2.05) is 37.4 Å². The van der Waals surface area contributed by atoms with E-state index in [-0.39, 0.29) is 11.9 Å². The van der Waals surface area contributed by atoms with Crippen LogP contribution in [0.2, 0.25) is 0 Å². The van der Waals surface area contributed by atoms with Gasteiger partial charge in [0.15, 0.2) is 5.82 Å². The summed E-state index contributed by atoms with van der Waals surface area (Å²) in [5, 5.41) is 9.59. The summed E-state index contributed by atoms with van der Waals surface area (Å²) in [6.07, 6.45) is 1.43. The van der Waals surface area contributed by atoms with Crippen LogP contribution in [0.15, 0.2) is 36.0 Å². The summed E-state index contributed by atoms with van der Waals surface area (Å²) in [6, 6.07) is 7.29. The average Bonchev–Trinajstić information content (AvgIpc) is 3.24. The normalized spacial score (nSPS) is 12.1. The summed E-state index contributed by atoms with van der Waals surface area (Å²) in [5.74, 6) is 0.512. The van der Waals surface area contributed by atoms with Gasteiger partial charge >= 0.3 is 0 Å². The van der Waals surface area contributed by atoms with E-state index in [0.29, 0.717) is 11.4 Å². The Bertz CT molecular complexity index is 812. The van der Waals surface area contributed by atoms with Crippen molar-refractivity contribution in [2.24, 2.45) is 0 Å². The minimum absolute atomic E-state index is 0.0719.